The van der Waals surface area contributed by atoms with Crippen molar-refractivity contribution in [2.75, 3.05) is 0 Å². The van der Waals surface area contributed by atoms with Gasteiger partial charge in [0, 0.05) is 12.6 Å². The van der Waals surface area contributed by atoms with Crippen molar-refractivity contribution >= 4 is 35.2 Å². The topological polar surface area (TPSA) is 96.4 Å². The molecule has 1 aromatic rings. The minimum absolute atomic E-state index is 0.00358. The van der Waals surface area contributed by atoms with Crippen LogP contribution >= 0.6 is 11.6 Å². The van der Waals surface area contributed by atoms with Crippen LogP contribution in [0.15, 0.2) is 12.3 Å². The van der Waals surface area contributed by atoms with Gasteiger partial charge in [-0.15, -0.1) is 0 Å². The summed E-state index contributed by atoms with van der Waals surface area (Å²) in [5.41, 5.74) is 0.128. The summed E-state index contributed by atoms with van der Waals surface area (Å²) < 4.78 is 0. The van der Waals surface area contributed by atoms with Gasteiger partial charge in [0.1, 0.15) is 11.2 Å². The summed E-state index contributed by atoms with van der Waals surface area (Å²) in [6.07, 6.45) is 1.51. The van der Waals surface area contributed by atoms with Crippen molar-refractivity contribution in [3.8, 4) is 0 Å². The minimum Gasteiger partial charge on any atom is -0.295 e. The highest BCUT2D eigenvalue weighted by Crippen LogP contribution is 2.30. The first-order valence-electron chi connectivity index (χ1n) is 5.87. The lowest BCUT2D eigenvalue weighted by atomic mass is 10.0. The second-order valence-electron chi connectivity index (χ2n) is 4.47. The number of pyridine rings is 1. The van der Waals surface area contributed by atoms with Crippen LogP contribution in [0, 0.1) is 0 Å². The van der Waals surface area contributed by atoms with Crippen molar-refractivity contribution in [3.05, 3.63) is 28.5 Å². The van der Waals surface area contributed by atoms with Crippen LogP contribution in [-0.4, -0.2) is 39.6 Å². The van der Waals surface area contributed by atoms with Crippen molar-refractivity contribution < 1.29 is 19.2 Å². The average molecular weight is 294 g/mol. The van der Waals surface area contributed by atoms with Crippen molar-refractivity contribution in [2.45, 2.75) is 18.9 Å². The number of nitrogens with zero attached hydrogens (tertiary/aromatic N) is 2. The van der Waals surface area contributed by atoms with Gasteiger partial charge in [-0.2, -0.15) is 0 Å². The Kier molecular flexibility index (Phi) is 2.79. The number of carbonyl (C=O) groups is 4. The number of halogens is 1. The summed E-state index contributed by atoms with van der Waals surface area (Å²) in [7, 11) is 0. The summed E-state index contributed by atoms with van der Waals surface area (Å²) in [5.74, 6) is -2.32. The maximum absolute atomic E-state index is 12.3. The molecule has 4 amide bonds. The molecule has 1 aromatic heterocycles. The van der Waals surface area contributed by atoms with Gasteiger partial charge < -0.3 is 0 Å². The number of rotatable bonds is 1. The predicted molar refractivity (Wildman–Crippen MR) is 65.9 cm³/mol. The second-order valence-corrected chi connectivity index (χ2v) is 4.83. The Morgan fingerprint density at radius 1 is 1.25 bits per heavy atom. The van der Waals surface area contributed by atoms with Gasteiger partial charge in [-0.05, 0) is 12.5 Å². The fourth-order valence-electron chi connectivity index (χ4n) is 2.37. The number of imide groups is 2. The van der Waals surface area contributed by atoms with Crippen molar-refractivity contribution in [2.24, 2.45) is 0 Å². The number of fused-ring (bicyclic) bond motifs is 1. The summed E-state index contributed by atoms with van der Waals surface area (Å²) in [5, 5.41) is 2.04. The zero-order valence-electron chi connectivity index (χ0n) is 10.1. The molecule has 3 heterocycles. The fourth-order valence-corrected chi connectivity index (χ4v) is 2.61. The molecule has 0 bridgehead atoms. The Hall–Kier alpha value is -2.28. The third kappa shape index (κ3) is 1.70. The summed E-state index contributed by atoms with van der Waals surface area (Å²) in [6, 6.07) is 0.393. The number of hydrogen-bond acceptors (Lipinski definition) is 5. The maximum Gasteiger partial charge on any atom is 0.265 e. The molecule has 1 atom stereocenters. The van der Waals surface area contributed by atoms with E-state index in [9.17, 15) is 19.2 Å². The molecular formula is C12H8ClN3O4. The first-order valence-corrected chi connectivity index (χ1v) is 6.24. The molecule has 0 spiro atoms. The Morgan fingerprint density at radius 2 is 2.00 bits per heavy atom. The zero-order chi connectivity index (χ0) is 14.4. The van der Waals surface area contributed by atoms with Crippen LogP contribution < -0.4 is 5.32 Å². The molecule has 8 heteroatoms. The monoisotopic (exact) mass is 293 g/mol. The molecule has 20 heavy (non-hydrogen) atoms. The minimum atomic E-state index is -0.990. The van der Waals surface area contributed by atoms with Crippen LogP contribution in [0.3, 0.4) is 0 Å². The molecule has 0 radical (unpaired) electrons. The largest absolute Gasteiger partial charge is 0.295 e. The number of aromatic nitrogens is 1. The van der Waals surface area contributed by atoms with Gasteiger partial charge in [0.25, 0.3) is 11.8 Å². The van der Waals surface area contributed by atoms with Crippen molar-refractivity contribution in [1.82, 2.24) is 15.2 Å². The van der Waals surface area contributed by atoms with E-state index in [-0.39, 0.29) is 29.1 Å². The van der Waals surface area contributed by atoms with Crippen LogP contribution in [0.5, 0.6) is 0 Å². The van der Waals surface area contributed by atoms with Gasteiger partial charge in [-0.1, -0.05) is 11.6 Å². The summed E-state index contributed by atoms with van der Waals surface area (Å²) in [6.45, 7) is 0. The lowest BCUT2D eigenvalue weighted by Crippen LogP contribution is -2.54. The number of nitrogens with one attached hydrogen (secondary N) is 1. The van der Waals surface area contributed by atoms with Crippen LogP contribution in [-0.2, 0) is 9.59 Å². The highest BCUT2D eigenvalue weighted by molar-refractivity contribution is 6.36. The Balaban J connectivity index is 2.00. The van der Waals surface area contributed by atoms with E-state index in [2.05, 4.69) is 10.3 Å². The molecule has 2 aliphatic rings. The van der Waals surface area contributed by atoms with Crippen molar-refractivity contribution in [3.63, 3.8) is 0 Å². The molecule has 7 nitrogen and oxygen atoms in total. The number of amides is 4. The van der Waals surface area contributed by atoms with E-state index in [4.69, 9.17) is 11.6 Å². The molecule has 1 fully saturated rings. The molecule has 1 N–H and O–H groups in total. The van der Waals surface area contributed by atoms with E-state index in [0.29, 0.717) is 0 Å². The molecule has 2 aliphatic heterocycles. The SMILES string of the molecule is O=C1CCC(N2C(=O)c3ccnc(Cl)c3C2=O)C(=O)N1. The Morgan fingerprint density at radius 3 is 2.65 bits per heavy atom. The Bertz CT molecular complexity index is 673. The van der Waals surface area contributed by atoms with Crippen molar-refractivity contribution in [1.29, 1.82) is 0 Å². The van der Waals surface area contributed by atoms with E-state index >= 15 is 0 Å². The quantitative estimate of drug-likeness (QED) is 0.587. The predicted octanol–water partition coefficient (Wildman–Crippen LogP) is 0.136. The van der Waals surface area contributed by atoms with E-state index in [1.165, 1.54) is 12.3 Å². The molecule has 1 unspecified atom stereocenters. The first-order chi connectivity index (χ1) is 9.50. The third-order valence-electron chi connectivity index (χ3n) is 3.31. The van der Waals surface area contributed by atoms with Gasteiger partial charge in [-0.3, -0.25) is 29.4 Å². The van der Waals surface area contributed by atoms with Gasteiger partial charge in [-0.25, -0.2) is 4.98 Å². The van der Waals surface area contributed by atoms with Gasteiger partial charge in [0.15, 0.2) is 0 Å². The third-order valence-corrected chi connectivity index (χ3v) is 3.59. The Labute approximate surface area is 117 Å². The fraction of sp³-hybridized carbons (Fsp3) is 0.250. The van der Waals surface area contributed by atoms with Crippen LogP contribution in [0.2, 0.25) is 5.15 Å². The molecule has 3 rings (SSSR count). The standard InChI is InChI=1S/C12H8ClN3O4/c13-9-8-5(3-4-14-9)11(19)16(12(8)20)6-1-2-7(17)15-10(6)18/h3-4,6H,1-2H2,(H,15,17,18). The van der Waals surface area contributed by atoms with Gasteiger partial charge in [0.2, 0.25) is 11.8 Å². The zero-order valence-corrected chi connectivity index (χ0v) is 10.8. The molecule has 0 aromatic carbocycles. The highest BCUT2D eigenvalue weighted by Gasteiger charge is 2.45. The smallest absolute Gasteiger partial charge is 0.265 e. The highest BCUT2D eigenvalue weighted by atomic mass is 35.5. The van der Waals surface area contributed by atoms with Crippen LogP contribution in [0.25, 0.3) is 0 Å². The molecule has 0 aliphatic carbocycles. The number of piperidine rings is 1. The van der Waals surface area contributed by atoms with Gasteiger partial charge >= 0.3 is 0 Å². The molecule has 102 valence electrons. The van der Waals surface area contributed by atoms with E-state index in [1.807, 2.05) is 0 Å². The van der Waals surface area contributed by atoms with E-state index < -0.39 is 29.7 Å². The summed E-state index contributed by atoms with van der Waals surface area (Å²) >= 11 is 5.83. The lowest BCUT2D eigenvalue weighted by Gasteiger charge is -2.27. The number of carbonyl (C=O) groups excluding carboxylic acids is 4. The number of hydrogen-bond donors (Lipinski definition) is 1. The molecular weight excluding hydrogens is 286 g/mol. The molecule has 0 saturated carbocycles. The van der Waals surface area contributed by atoms with E-state index in [1.54, 1.807) is 0 Å². The lowest BCUT2D eigenvalue weighted by molar-refractivity contribution is -0.136. The van der Waals surface area contributed by atoms with Crippen LogP contribution in [0.1, 0.15) is 33.6 Å². The first kappa shape index (κ1) is 12.7. The maximum atomic E-state index is 12.3. The average Bonchev–Trinajstić information content (AvgIpc) is 2.64. The second kappa shape index (κ2) is 4.38. The van der Waals surface area contributed by atoms with Crippen LogP contribution in [0.4, 0.5) is 0 Å². The van der Waals surface area contributed by atoms with E-state index in [0.717, 1.165) is 4.90 Å². The van der Waals surface area contributed by atoms with Gasteiger partial charge in [0.05, 0.1) is 11.1 Å². The summed E-state index contributed by atoms with van der Waals surface area (Å²) in [4.78, 5) is 52.0. The normalized spacial score (nSPS) is 22.1. The molecule has 1 saturated heterocycles.